The molecule has 140 heavy (non-hydrogen) atoms. The van der Waals surface area contributed by atoms with E-state index in [1.54, 1.807) is 0 Å². The monoisotopic (exact) mass is 5230 g/mol. The molecule has 0 fully saturated rings. The molecule has 1075 valence electrons. The summed E-state index contributed by atoms with van der Waals surface area (Å²) in [6.07, 6.45) is 5.00. The zero-order chi connectivity index (χ0) is 16.2. The Labute approximate surface area is 4460 Å². The van der Waals surface area contributed by atoms with Gasteiger partial charge in [0, 0.05) is 4510 Å². The van der Waals surface area contributed by atoms with Crippen molar-refractivity contribution < 1.29 is 4510 Å². The largest absolute Gasteiger partial charge is 0.358 e. The minimum absolute atomic E-state index is 0. The minimum atomic E-state index is 0. The van der Waals surface area contributed by atoms with Crippen LogP contribution in [0.25, 0.3) is 0 Å². The third-order valence-corrected chi connectivity index (χ3v) is 0. The van der Waals surface area contributed by atoms with E-state index in [0.29, 0.717) is 0 Å². The van der Waals surface area contributed by atoms with Crippen LogP contribution in [0.15, 0.2) is 0 Å². The van der Waals surface area contributed by atoms with Crippen molar-refractivity contribution in [1.82, 2.24) is 0 Å². The van der Waals surface area contributed by atoms with Gasteiger partial charge >= 0.3 is 0 Å². The molecule has 0 unspecified atom stereocenters. The first-order valence-corrected chi connectivity index (χ1v) is 7.97. The van der Waals surface area contributed by atoms with Crippen LogP contribution in [0.3, 0.4) is 0 Å². The summed E-state index contributed by atoms with van der Waals surface area (Å²) in [6, 6.07) is 0. The molecule has 0 aliphatic heterocycles. The minimum Gasteiger partial charge on any atom is -0.358 e. The SMILES string of the molecule is CCC.CCC.CCC.CCC.C[B]C.C[B]C.[Ar].[Ar].[Ar].[Ar].[Ar].[Ar].[Ar].[Ar].[Ar].[Ar].[Ar].[Ar].[Ar].[Ar].[Ar].[Ar].[Ar].[Ar].[Ar].[Ar].[Ar].[Ar].[Ar].[Ar].[Ar].[Ar].[Ar].[Ar].[Ar].[Ar].[Ar].[Ar].[Ar].[Ar].[Ar].[Ar].[Ar].[Ar].[Ar].[Ar].[Ar].[Ar].[Ar].[Ar].[Ar].[Ar].[Ar].[Ar].[Ar].[Ar].[Ar].[Ar].[Ar].[Ar].[Ar].[Ar].[Ar].[Ar].[Ar].[Ar].[Ar].[Ar].[Ar].[Ar].[Ar].[Ar].[Ar].[Ar].[Ar].[Ar].[Ar].[Ar].[Ar].[Ar].[Ar].[Ar].[Ar].[Ar].[Ar].[Ar].[Ar].[Ar].[Ar].[Ar].[Ar].[Ar].[Ar].[Ar].[Ar].[Ar].[Ar].[Ar].[Ar].[Ar].[Ar].[Ar].[Ar].[Ar].[Ar].[Ar].[Ar].[Ar].[Ar].[Ar].[Ar].[Ar].[Ar].[Ar].[Ar].[Ar].[Ar].[Ar].[Ar].[Ar].[Ar].[Ar].[Ar].[CH3-].[CH3-].[Y].[Y].[Y]. The van der Waals surface area contributed by atoms with Crippen LogP contribution in [0.5, 0.6) is 0 Å². The van der Waals surface area contributed by atoms with Gasteiger partial charge in [0.2, 0.25) is 0 Å². The fourth-order valence-corrected chi connectivity index (χ4v) is 0. The molecule has 0 bridgehead atoms. The van der Waals surface area contributed by atoms with E-state index in [1.165, 1.54) is 25.7 Å². The number of hydrogen-bond donors (Lipinski definition) is 0. The Balaban J connectivity index is -0.0000000000834. The third kappa shape index (κ3) is 1050. The topological polar surface area (TPSA) is 0 Å². The molecular formula is C18H50Ar117B2Y3-2. The first-order chi connectivity index (χ1) is 8.49. The van der Waals surface area contributed by atoms with Crippen LogP contribution in [-0.2, 0) is 98.1 Å². The molecular weight excluding hydrogens is 5180 g/mol. The summed E-state index contributed by atoms with van der Waals surface area (Å²) in [5.41, 5.74) is 0. The van der Waals surface area contributed by atoms with Crippen molar-refractivity contribution in [2.75, 3.05) is 0 Å². The molecule has 0 aromatic carbocycles. The van der Waals surface area contributed by atoms with Gasteiger partial charge in [0.05, 0.1) is 0 Å². The van der Waals surface area contributed by atoms with Crippen LogP contribution < -0.4 is 0 Å². The summed E-state index contributed by atoms with van der Waals surface area (Å²) < 4.78 is 0. The van der Waals surface area contributed by atoms with E-state index in [4.69, 9.17) is 0 Å². The van der Waals surface area contributed by atoms with Crippen molar-refractivity contribution in [3.8, 4) is 0 Å². The van der Waals surface area contributed by atoms with Gasteiger partial charge in [-0.25, -0.2) is 0 Å². The van der Waals surface area contributed by atoms with E-state index < -0.39 is 0 Å². The zero-order valence-corrected chi connectivity index (χ0v) is 152. The Kier molecular flexibility index (Phi) is 6470. The molecule has 5 radical (unpaired) electrons. The fourth-order valence-electron chi connectivity index (χ4n) is 0. The number of rotatable bonds is 0. The predicted molar refractivity (Wildman–Crippen MR) is 112 cm³/mol. The maximum absolute atomic E-state index is 2.12. The molecule has 0 saturated heterocycles. The smallest absolute Gasteiger partial charge is 0.102 e. The van der Waals surface area contributed by atoms with Crippen molar-refractivity contribution in [2.45, 2.75) is 108 Å². The first-order valence-electron chi connectivity index (χ1n) is 7.97. The quantitative estimate of drug-likeness (QED) is 0.170. The average Bonchev–Trinajstić information content (AvgIpc) is 2.23. The van der Waals surface area contributed by atoms with Gasteiger partial charge in [-0.15, -0.1) is 0 Å². The van der Waals surface area contributed by atoms with Gasteiger partial charge in [-0.05, 0) is 0 Å². The van der Waals surface area contributed by atoms with E-state index in [2.05, 4.69) is 55.4 Å². The second-order valence-electron chi connectivity index (χ2n) is 3.98. The molecule has 0 nitrogen and oxygen atoms in total. The molecule has 0 heterocycles. The second-order valence-corrected chi connectivity index (χ2v) is 3.98. The van der Waals surface area contributed by atoms with Crippen LogP contribution in [0, 0.1) is 4430 Å². The molecule has 122 heteroatoms. The third-order valence-electron chi connectivity index (χ3n) is 0. The van der Waals surface area contributed by atoms with Crippen LogP contribution >= 0.6 is 0 Å². The van der Waals surface area contributed by atoms with Gasteiger partial charge in [-0.1, -0.05) is 108 Å². The Morgan fingerprint density at radius 1 is 0.0714 bits per heavy atom. The standard InChI is InChI=1S/4C3H8.2C2H6B.2CH3.117Ar.3Y/c6*1-3-2;;;;;;;;;;;;;;;;;;;;;;;;;;;;;;;;;;;;;;;;;;;;;;;;;;;;;;;;;;;;;;;;;;;;;;;;;;;;;;;;;;;;;;;;;;;;;;;;;;;;;;;;;;;;;;;;;;;;;;;;;;/h4*3H2,1-2H3;2*1-2H3;2*1H3;;;;;;;;;;;;;;;;;;;;;;;;;;;;;;;;;;;;;;;;;;;;;;;;;;;;;;;;;;;;;;;;;;;;;;;;;;;;;;;;;;;;;;;;;;;;;;;;;;;;;;;;;;;;;;;;;;;;;;;;/q;;;;;;2*-1;;;;;;;;;;;;;;;;;;;;;;;;;;;;;;;;;;;;;;;;;;;;;;;;;;;;;;;;;;;;;;;;;;;;;;;;;;;;;;;;;;;;;;;;;;;;;;;;;;;;;;;;;;;;;;;;;;;;;;;;. The fraction of sp³-hybridized carbons (Fsp3) is 0.889. The molecule has 0 aromatic rings. The maximum Gasteiger partial charge on any atom is 0.102 e. The molecule has 0 aliphatic rings. The average molecular weight is 5230 g/mol. The van der Waals surface area contributed by atoms with E-state index in [0.717, 1.165) is 0 Å². The zero-order valence-electron chi connectivity index (χ0n) is 61.1. The van der Waals surface area contributed by atoms with Crippen LogP contribution in [0.4, 0.5) is 0 Å². The van der Waals surface area contributed by atoms with Crippen LogP contribution in [-0.4, -0.2) is 14.6 Å². The molecule has 0 aliphatic carbocycles. The second kappa shape index (κ2) is 983. The van der Waals surface area contributed by atoms with Gasteiger partial charge < -0.3 is 14.9 Å². The molecule has 0 aromatic heterocycles. The summed E-state index contributed by atoms with van der Waals surface area (Å²) in [7, 11) is 4.00. The first kappa shape index (κ1) is 921. The van der Waals surface area contributed by atoms with Crippen molar-refractivity contribution in [2.24, 2.45) is 0 Å². The molecule has 0 rings (SSSR count). The van der Waals surface area contributed by atoms with Gasteiger partial charge in [-0.2, -0.15) is 0 Å². The van der Waals surface area contributed by atoms with Gasteiger partial charge in [-0.3, -0.25) is 0 Å². The summed E-state index contributed by atoms with van der Waals surface area (Å²) in [5, 5.41) is 0. The van der Waals surface area contributed by atoms with Crippen molar-refractivity contribution in [3.63, 3.8) is 0 Å². The van der Waals surface area contributed by atoms with Gasteiger partial charge in [0.1, 0.15) is 14.6 Å². The molecule has 0 atom stereocenters. The Morgan fingerprint density at radius 3 is 0.0714 bits per heavy atom. The molecule has 0 saturated carbocycles. The maximum atomic E-state index is 2.12. The van der Waals surface area contributed by atoms with Crippen LogP contribution in [0.1, 0.15) is 81.1 Å². The van der Waals surface area contributed by atoms with Crippen molar-refractivity contribution >= 4 is 14.6 Å². The summed E-state index contributed by atoms with van der Waals surface area (Å²) in [4.78, 5) is 0. The Bertz CT molecular complexity index is 128. The predicted octanol–water partition coefficient (Wildman–Crippen LogP) is 8.13. The van der Waals surface area contributed by atoms with Gasteiger partial charge in [0.15, 0.2) is 0 Å². The van der Waals surface area contributed by atoms with E-state index in [1.807, 2.05) is 41.9 Å². The normalized spacial score (nSPS) is 0.714. The molecule has 0 spiro atoms. The summed E-state index contributed by atoms with van der Waals surface area (Å²) >= 11 is 0. The Hall–Kier alpha value is 151. The summed E-state index contributed by atoms with van der Waals surface area (Å²) in [5.74, 6) is 0. The molecule has 0 amide bonds. The number of hydrogen-bond acceptors (Lipinski definition) is 0. The van der Waals surface area contributed by atoms with Crippen LogP contribution in [0.2, 0.25) is 27.3 Å². The van der Waals surface area contributed by atoms with E-state index in [9.17, 15) is 0 Å². The Morgan fingerprint density at radius 2 is 0.0714 bits per heavy atom. The van der Waals surface area contributed by atoms with Crippen molar-refractivity contribution in [1.29, 1.82) is 0 Å². The summed E-state index contributed by atoms with van der Waals surface area (Å²) in [6.45, 7) is 25.0. The van der Waals surface area contributed by atoms with E-state index in [-0.39, 0.29) is 4530 Å². The van der Waals surface area contributed by atoms with Crippen molar-refractivity contribution in [3.05, 3.63) is 14.9 Å². The molecule has 0 N–H and O–H groups in total. The van der Waals surface area contributed by atoms with Gasteiger partial charge in [0.25, 0.3) is 0 Å². The van der Waals surface area contributed by atoms with E-state index >= 15 is 0 Å².